The molecule has 0 aliphatic heterocycles. The predicted molar refractivity (Wildman–Crippen MR) is 94.3 cm³/mol. The van der Waals surface area contributed by atoms with Gasteiger partial charge in [0.05, 0.1) is 0 Å². The van der Waals surface area contributed by atoms with Crippen molar-refractivity contribution in [3.63, 3.8) is 0 Å². The van der Waals surface area contributed by atoms with Crippen LogP contribution < -0.4 is 10.6 Å². The van der Waals surface area contributed by atoms with Crippen LogP contribution in [0.4, 0.5) is 4.39 Å². The van der Waals surface area contributed by atoms with E-state index in [0.717, 1.165) is 37.5 Å². The van der Waals surface area contributed by atoms with Crippen LogP contribution >= 0.6 is 24.0 Å². The van der Waals surface area contributed by atoms with Crippen LogP contribution in [0.15, 0.2) is 41.4 Å². The molecule has 0 spiro atoms. The molecule has 0 unspecified atom stereocenters. The van der Waals surface area contributed by atoms with Crippen molar-refractivity contribution in [2.24, 2.45) is 4.99 Å². The number of allylic oxidation sites excluding steroid dienone is 1. The van der Waals surface area contributed by atoms with Crippen molar-refractivity contribution in [2.75, 3.05) is 20.1 Å². The molecular weight excluding hydrogens is 368 g/mol. The number of rotatable bonds is 6. The lowest BCUT2D eigenvalue weighted by molar-refractivity contribution is 0.626. The molecule has 1 rings (SSSR count). The highest BCUT2D eigenvalue weighted by Gasteiger charge is 1.97. The lowest BCUT2D eigenvalue weighted by Crippen LogP contribution is -2.38. The zero-order valence-corrected chi connectivity index (χ0v) is 14.4. The Hall–Kier alpha value is -1.11. The summed E-state index contributed by atoms with van der Waals surface area (Å²) < 4.78 is 12.7. The van der Waals surface area contributed by atoms with Crippen LogP contribution in [0.2, 0.25) is 0 Å². The highest BCUT2D eigenvalue weighted by Crippen LogP contribution is 2.02. The van der Waals surface area contributed by atoms with Crippen LogP contribution in [0.5, 0.6) is 0 Å². The third kappa shape index (κ3) is 8.14. The second-order valence-corrected chi connectivity index (χ2v) is 4.16. The maximum absolute atomic E-state index is 12.7. The molecule has 2 N–H and O–H groups in total. The number of benzene rings is 1. The summed E-state index contributed by atoms with van der Waals surface area (Å²) in [5.41, 5.74) is 1.11. The third-order valence-corrected chi connectivity index (χ3v) is 2.68. The summed E-state index contributed by atoms with van der Waals surface area (Å²) in [5, 5.41) is 6.46. The van der Waals surface area contributed by atoms with E-state index in [1.807, 2.05) is 13.0 Å². The second-order valence-electron chi connectivity index (χ2n) is 4.16. The van der Waals surface area contributed by atoms with E-state index < -0.39 is 0 Å². The standard InChI is InChI=1S/C15H22FN3.HI/c1-3-4-5-11-18-15(17-2)19-12-10-13-6-8-14(16)9-7-13;/h3-4,6-9H,5,10-12H2,1-2H3,(H2,17,18,19);1H. The summed E-state index contributed by atoms with van der Waals surface area (Å²) in [4.78, 5) is 4.14. The van der Waals surface area contributed by atoms with Gasteiger partial charge < -0.3 is 10.6 Å². The van der Waals surface area contributed by atoms with Crippen molar-refractivity contribution in [3.05, 3.63) is 47.8 Å². The largest absolute Gasteiger partial charge is 0.356 e. The molecule has 0 aliphatic rings. The predicted octanol–water partition coefficient (Wildman–Crippen LogP) is 3.12. The molecule has 0 saturated heterocycles. The van der Waals surface area contributed by atoms with Crippen molar-refractivity contribution in [3.8, 4) is 0 Å². The van der Waals surface area contributed by atoms with Crippen molar-refractivity contribution in [2.45, 2.75) is 19.8 Å². The third-order valence-electron chi connectivity index (χ3n) is 2.68. The first kappa shape index (κ1) is 18.9. The fourth-order valence-electron chi connectivity index (χ4n) is 1.64. The molecule has 0 radical (unpaired) electrons. The van der Waals surface area contributed by atoms with Gasteiger partial charge in [0.25, 0.3) is 0 Å². The molecule has 1 aromatic rings. The lowest BCUT2D eigenvalue weighted by Gasteiger charge is -2.11. The van der Waals surface area contributed by atoms with Gasteiger partial charge in [-0.15, -0.1) is 24.0 Å². The summed E-state index contributed by atoms with van der Waals surface area (Å²) in [6, 6.07) is 6.58. The first-order valence-corrected chi connectivity index (χ1v) is 6.56. The number of nitrogens with one attached hydrogen (secondary N) is 2. The number of nitrogens with zero attached hydrogens (tertiary/aromatic N) is 1. The summed E-state index contributed by atoms with van der Waals surface area (Å²) in [6.45, 7) is 3.64. The average Bonchev–Trinajstić information content (AvgIpc) is 2.43. The molecule has 3 nitrogen and oxygen atoms in total. The number of aliphatic imine (C=N–C) groups is 1. The molecule has 0 atom stereocenters. The Morgan fingerprint density at radius 2 is 1.85 bits per heavy atom. The zero-order valence-electron chi connectivity index (χ0n) is 12.0. The SMILES string of the molecule is CC=CCCNC(=NC)NCCc1ccc(F)cc1.I. The quantitative estimate of drug-likeness (QED) is 0.257. The van der Waals surface area contributed by atoms with Gasteiger partial charge in [-0.1, -0.05) is 24.3 Å². The lowest BCUT2D eigenvalue weighted by atomic mass is 10.1. The Bertz CT molecular complexity index is 416. The van der Waals surface area contributed by atoms with Crippen molar-refractivity contribution in [1.29, 1.82) is 0 Å². The molecule has 0 amide bonds. The maximum atomic E-state index is 12.7. The van der Waals surface area contributed by atoms with Gasteiger partial charge in [0.2, 0.25) is 0 Å². The van der Waals surface area contributed by atoms with E-state index in [4.69, 9.17) is 0 Å². The topological polar surface area (TPSA) is 36.4 Å². The van der Waals surface area contributed by atoms with Crippen LogP contribution in [0.25, 0.3) is 0 Å². The van der Waals surface area contributed by atoms with Crippen LogP contribution in [-0.4, -0.2) is 26.1 Å². The van der Waals surface area contributed by atoms with Gasteiger partial charge in [0, 0.05) is 20.1 Å². The molecule has 0 aromatic heterocycles. The highest BCUT2D eigenvalue weighted by atomic mass is 127. The normalized spacial score (nSPS) is 11.2. The first-order valence-electron chi connectivity index (χ1n) is 6.56. The van der Waals surface area contributed by atoms with Crippen LogP contribution in [0, 0.1) is 5.82 Å². The van der Waals surface area contributed by atoms with E-state index in [1.54, 1.807) is 19.2 Å². The van der Waals surface area contributed by atoms with E-state index in [-0.39, 0.29) is 29.8 Å². The van der Waals surface area contributed by atoms with Gasteiger partial charge in [0.15, 0.2) is 5.96 Å². The number of hydrogen-bond acceptors (Lipinski definition) is 1. The minimum absolute atomic E-state index is 0. The number of hydrogen-bond donors (Lipinski definition) is 2. The molecular formula is C15H23FIN3. The Morgan fingerprint density at radius 1 is 1.20 bits per heavy atom. The Kier molecular flexibility index (Phi) is 11.0. The summed E-state index contributed by atoms with van der Waals surface area (Å²) in [7, 11) is 1.75. The molecule has 112 valence electrons. The van der Waals surface area contributed by atoms with Gasteiger partial charge in [0.1, 0.15) is 5.82 Å². The second kappa shape index (κ2) is 11.7. The number of guanidine groups is 1. The molecule has 0 fully saturated rings. The fraction of sp³-hybridized carbons (Fsp3) is 0.400. The van der Waals surface area contributed by atoms with Crippen LogP contribution in [0.3, 0.4) is 0 Å². The van der Waals surface area contributed by atoms with E-state index in [1.165, 1.54) is 12.1 Å². The van der Waals surface area contributed by atoms with Crippen molar-refractivity contribution in [1.82, 2.24) is 10.6 Å². The van der Waals surface area contributed by atoms with Gasteiger partial charge in [-0.3, -0.25) is 4.99 Å². The molecule has 20 heavy (non-hydrogen) atoms. The fourth-order valence-corrected chi connectivity index (χ4v) is 1.64. The van der Waals surface area contributed by atoms with Crippen LogP contribution in [0.1, 0.15) is 18.9 Å². The maximum Gasteiger partial charge on any atom is 0.190 e. The Balaban J connectivity index is 0.00000361. The van der Waals surface area contributed by atoms with Crippen LogP contribution in [-0.2, 0) is 6.42 Å². The molecule has 0 aliphatic carbocycles. The summed E-state index contributed by atoms with van der Waals surface area (Å²) in [6.07, 6.45) is 5.97. The van der Waals surface area contributed by atoms with E-state index in [0.29, 0.717) is 0 Å². The van der Waals surface area contributed by atoms with Gasteiger partial charge >= 0.3 is 0 Å². The van der Waals surface area contributed by atoms with Gasteiger partial charge in [-0.05, 0) is 37.5 Å². The molecule has 1 aromatic carbocycles. The molecule has 5 heteroatoms. The first-order chi connectivity index (χ1) is 9.26. The van der Waals surface area contributed by atoms with E-state index in [2.05, 4.69) is 21.7 Å². The van der Waals surface area contributed by atoms with Gasteiger partial charge in [-0.25, -0.2) is 4.39 Å². The van der Waals surface area contributed by atoms with Crippen molar-refractivity contribution < 1.29 is 4.39 Å². The number of halogens is 2. The Morgan fingerprint density at radius 3 is 2.45 bits per heavy atom. The molecule has 0 heterocycles. The smallest absolute Gasteiger partial charge is 0.190 e. The highest BCUT2D eigenvalue weighted by molar-refractivity contribution is 14.0. The zero-order chi connectivity index (χ0) is 13.9. The van der Waals surface area contributed by atoms with E-state index >= 15 is 0 Å². The average molecular weight is 391 g/mol. The molecule has 0 bridgehead atoms. The van der Waals surface area contributed by atoms with Crippen molar-refractivity contribution >= 4 is 29.9 Å². The minimum Gasteiger partial charge on any atom is -0.356 e. The minimum atomic E-state index is -0.196. The Labute approximate surface area is 137 Å². The van der Waals surface area contributed by atoms with E-state index in [9.17, 15) is 4.39 Å². The summed E-state index contributed by atoms with van der Waals surface area (Å²) in [5.74, 6) is 0.602. The monoisotopic (exact) mass is 391 g/mol. The van der Waals surface area contributed by atoms with Gasteiger partial charge in [-0.2, -0.15) is 0 Å². The molecule has 0 saturated carbocycles. The summed E-state index contributed by atoms with van der Waals surface area (Å²) >= 11 is 0.